The van der Waals surface area contributed by atoms with Crippen LogP contribution in [0.15, 0.2) is 23.2 Å². The van der Waals surface area contributed by atoms with E-state index in [1.165, 1.54) is 44.5 Å². The second kappa shape index (κ2) is 13.3. The maximum Gasteiger partial charge on any atom is 0.191 e. The first-order chi connectivity index (χ1) is 14.2. The summed E-state index contributed by atoms with van der Waals surface area (Å²) in [6.45, 7) is 12.3. The van der Waals surface area contributed by atoms with Crippen LogP contribution in [0.1, 0.15) is 52.0 Å². The largest absolute Gasteiger partial charge is 0.493 e. The minimum absolute atomic E-state index is 0.524. The Morgan fingerprint density at radius 2 is 1.97 bits per heavy atom. The van der Waals surface area contributed by atoms with Crippen LogP contribution in [-0.2, 0) is 6.42 Å². The minimum atomic E-state index is 0.524. The van der Waals surface area contributed by atoms with E-state index in [9.17, 15) is 0 Å². The van der Waals surface area contributed by atoms with Gasteiger partial charge in [-0.15, -0.1) is 0 Å². The van der Waals surface area contributed by atoms with Crippen LogP contribution in [0.5, 0.6) is 11.5 Å². The van der Waals surface area contributed by atoms with Gasteiger partial charge in [-0.05, 0) is 70.2 Å². The predicted octanol–water partition coefficient (Wildman–Crippen LogP) is 3.46. The summed E-state index contributed by atoms with van der Waals surface area (Å²) in [5.41, 5.74) is 1.26. The van der Waals surface area contributed by atoms with Crippen LogP contribution in [-0.4, -0.2) is 63.3 Å². The summed E-state index contributed by atoms with van der Waals surface area (Å²) >= 11 is 0. The molecule has 1 aliphatic heterocycles. The van der Waals surface area contributed by atoms with Gasteiger partial charge in [0.05, 0.1) is 13.7 Å². The molecule has 2 rings (SSSR count). The SMILES string of the molecule is CCCN1CCC(NC(=NCCCc2ccc(OC)c(OCC)c2)NCC)CC1. The molecule has 0 unspecified atom stereocenters. The molecule has 0 radical (unpaired) electrons. The standard InChI is InChI=1S/C23H40N4O2/c1-5-15-27-16-12-20(13-17-27)26-23(24-6-2)25-14-8-9-19-10-11-21(28-4)22(18-19)29-7-3/h10-11,18,20H,5-9,12-17H2,1-4H3,(H2,24,25,26). The van der Waals surface area contributed by atoms with Gasteiger partial charge in [-0.2, -0.15) is 0 Å². The number of hydrogen-bond donors (Lipinski definition) is 2. The maximum absolute atomic E-state index is 5.68. The molecule has 1 aromatic carbocycles. The van der Waals surface area contributed by atoms with Crippen molar-refractivity contribution in [2.45, 2.75) is 58.9 Å². The van der Waals surface area contributed by atoms with Crippen molar-refractivity contribution in [3.05, 3.63) is 23.8 Å². The first kappa shape index (κ1) is 23.3. The number of hydrogen-bond acceptors (Lipinski definition) is 4. The summed E-state index contributed by atoms with van der Waals surface area (Å²) in [7, 11) is 1.68. The smallest absolute Gasteiger partial charge is 0.191 e. The Balaban J connectivity index is 1.81. The molecule has 1 fully saturated rings. The van der Waals surface area contributed by atoms with Gasteiger partial charge in [0.15, 0.2) is 17.5 Å². The maximum atomic E-state index is 5.68. The average Bonchev–Trinajstić information content (AvgIpc) is 2.73. The fourth-order valence-corrected chi connectivity index (χ4v) is 3.75. The highest BCUT2D eigenvalue weighted by Crippen LogP contribution is 2.28. The third-order valence-corrected chi connectivity index (χ3v) is 5.23. The average molecular weight is 405 g/mol. The fourth-order valence-electron chi connectivity index (χ4n) is 3.75. The van der Waals surface area contributed by atoms with Crippen LogP contribution in [0.25, 0.3) is 0 Å². The van der Waals surface area contributed by atoms with Crippen LogP contribution in [0.2, 0.25) is 0 Å². The summed E-state index contributed by atoms with van der Waals surface area (Å²) in [6, 6.07) is 6.70. The summed E-state index contributed by atoms with van der Waals surface area (Å²) < 4.78 is 11.0. The Kier molecular flexibility index (Phi) is 10.7. The Labute approximate surface area is 177 Å². The highest BCUT2D eigenvalue weighted by atomic mass is 16.5. The Morgan fingerprint density at radius 3 is 2.62 bits per heavy atom. The van der Waals surface area contributed by atoms with E-state index in [-0.39, 0.29) is 0 Å². The van der Waals surface area contributed by atoms with Crippen molar-refractivity contribution >= 4 is 5.96 Å². The van der Waals surface area contributed by atoms with Gasteiger partial charge in [-0.3, -0.25) is 4.99 Å². The number of rotatable bonds is 11. The van der Waals surface area contributed by atoms with Crippen molar-refractivity contribution in [1.82, 2.24) is 15.5 Å². The number of aliphatic imine (C=N–C) groups is 1. The van der Waals surface area contributed by atoms with Gasteiger partial charge in [0.2, 0.25) is 0 Å². The summed E-state index contributed by atoms with van der Waals surface area (Å²) in [6.07, 6.45) is 5.60. The molecule has 0 atom stereocenters. The van der Waals surface area contributed by atoms with Crippen molar-refractivity contribution in [2.24, 2.45) is 4.99 Å². The van der Waals surface area contributed by atoms with E-state index in [1.54, 1.807) is 7.11 Å². The number of piperidine rings is 1. The zero-order chi connectivity index (χ0) is 20.9. The molecule has 1 heterocycles. The van der Waals surface area contributed by atoms with Gasteiger partial charge < -0.3 is 25.0 Å². The van der Waals surface area contributed by atoms with Crippen LogP contribution < -0.4 is 20.1 Å². The summed E-state index contributed by atoms with van der Waals surface area (Å²) in [4.78, 5) is 7.36. The van der Waals surface area contributed by atoms with Crippen LogP contribution in [0.4, 0.5) is 0 Å². The number of nitrogens with one attached hydrogen (secondary N) is 2. The third-order valence-electron chi connectivity index (χ3n) is 5.23. The van der Waals surface area contributed by atoms with Crippen molar-refractivity contribution in [2.75, 3.05) is 46.4 Å². The zero-order valence-corrected chi connectivity index (χ0v) is 18.8. The molecule has 1 aromatic rings. The number of guanidine groups is 1. The minimum Gasteiger partial charge on any atom is -0.493 e. The lowest BCUT2D eigenvalue weighted by Gasteiger charge is -2.32. The molecule has 164 valence electrons. The number of aryl methyl sites for hydroxylation is 1. The molecule has 0 aromatic heterocycles. The number of nitrogens with zero attached hydrogens (tertiary/aromatic N) is 2. The van der Waals surface area contributed by atoms with Gasteiger partial charge >= 0.3 is 0 Å². The lowest BCUT2D eigenvalue weighted by Crippen LogP contribution is -2.48. The normalized spacial score (nSPS) is 15.9. The van der Waals surface area contributed by atoms with Gasteiger partial charge in [0, 0.05) is 32.2 Å². The quantitative estimate of drug-likeness (QED) is 0.336. The molecule has 0 aliphatic carbocycles. The summed E-state index contributed by atoms with van der Waals surface area (Å²) in [5, 5.41) is 7.03. The van der Waals surface area contributed by atoms with E-state index in [2.05, 4.69) is 41.5 Å². The number of benzene rings is 1. The molecule has 0 amide bonds. The lowest BCUT2D eigenvalue weighted by atomic mass is 10.1. The monoisotopic (exact) mass is 404 g/mol. The van der Waals surface area contributed by atoms with Crippen molar-refractivity contribution in [3.63, 3.8) is 0 Å². The third kappa shape index (κ3) is 8.13. The number of ether oxygens (including phenoxy) is 2. The number of methoxy groups -OCH3 is 1. The molecule has 0 saturated carbocycles. The highest BCUT2D eigenvalue weighted by Gasteiger charge is 2.19. The van der Waals surface area contributed by atoms with E-state index in [4.69, 9.17) is 14.5 Å². The van der Waals surface area contributed by atoms with Crippen molar-refractivity contribution in [3.8, 4) is 11.5 Å². The second-order valence-electron chi connectivity index (χ2n) is 7.54. The van der Waals surface area contributed by atoms with Crippen molar-refractivity contribution < 1.29 is 9.47 Å². The molecule has 1 aliphatic rings. The highest BCUT2D eigenvalue weighted by molar-refractivity contribution is 5.80. The molecule has 6 nitrogen and oxygen atoms in total. The van der Waals surface area contributed by atoms with Crippen LogP contribution in [0, 0.1) is 0 Å². The predicted molar refractivity (Wildman–Crippen MR) is 121 cm³/mol. The molecule has 29 heavy (non-hydrogen) atoms. The molecule has 1 saturated heterocycles. The van der Waals surface area contributed by atoms with E-state index >= 15 is 0 Å². The van der Waals surface area contributed by atoms with Crippen LogP contribution in [0.3, 0.4) is 0 Å². The molecule has 2 N–H and O–H groups in total. The van der Waals surface area contributed by atoms with Gasteiger partial charge in [0.1, 0.15) is 0 Å². The van der Waals surface area contributed by atoms with E-state index in [0.29, 0.717) is 12.6 Å². The Bertz CT molecular complexity index is 613. The van der Waals surface area contributed by atoms with Gasteiger partial charge in [-0.25, -0.2) is 0 Å². The topological polar surface area (TPSA) is 58.1 Å². The Morgan fingerprint density at radius 1 is 1.17 bits per heavy atom. The van der Waals surface area contributed by atoms with Gasteiger partial charge in [-0.1, -0.05) is 13.0 Å². The van der Waals surface area contributed by atoms with Crippen LogP contribution >= 0.6 is 0 Å². The molecular weight excluding hydrogens is 364 g/mol. The zero-order valence-electron chi connectivity index (χ0n) is 18.8. The second-order valence-corrected chi connectivity index (χ2v) is 7.54. The molecule has 6 heteroatoms. The van der Waals surface area contributed by atoms with E-state index < -0.39 is 0 Å². The fraction of sp³-hybridized carbons (Fsp3) is 0.696. The first-order valence-electron chi connectivity index (χ1n) is 11.3. The van der Waals surface area contributed by atoms with Crippen molar-refractivity contribution in [1.29, 1.82) is 0 Å². The molecule has 0 bridgehead atoms. The van der Waals surface area contributed by atoms with Gasteiger partial charge in [0.25, 0.3) is 0 Å². The number of likely N-dealkylation sites (tertiary alicyclic amines) is 1. The van der Waals surface area contributed by atoms with E-state index in [1.807, 2.05) is 13.0 Å². The Hall–Kier alpha value is -1.95. The van der Waals surface area contributed by atoms with E-state index in [0.717, 1.165) is 43.4 Å². The first-order valence-corrected chi connectivity index (χ1v) is 11.3. The lowest BCUT2D eigenvalue weighted by molar-refractivity contribution is 0.206. The molecular formula is C23H40N4O2. The summed E-state index contributed by atoms with van der Waals surface area (Å²) in [5.74, 6) is 2.56. The molecule has 0 spiro atoms.